The van der Waals surface area contributed by atoms with E-state index < -0.39 is 5.76 Å². The van der Waals surface area contributed by atoms with Crippen LogP contribution in [0, 0.1) is 0 Å². The molecule has 1 aromatic heterocycles. The first kappa shape index (κ1) is 13.0. The van der Waals surface area contributed by atoms with Crippen molar-refractivity contribution in [2.45, 2.75) is 6.42 Å². The molecule has 0 fully saturated rings. The van der Waals surface area contributed by atoms with Crippen molar-refractivity contribution in [2.24, 2.45) is 0 Å². The van der Waals surface area contributed by atoms with Gasteiger partial charge >= 0.3 is 5.76 Å². The van der Waals surface area contributed by atoms with Gasteiger partial charge in [-0.1, -0.05) is 0 Å². The molecule has 0 saturated heterocycles. The molecule has 7 nitrogen and oxygen atoms in total. The minimum atomic E-state index is -0.581. The van der Waals surface area contributed by atoms with E-state index in [4.69, 9.17) is 18.6 Å². The number of H-pyrrole nitrogens is 1. The van der Waals surface area contributed by atoms with Gasteiger partial charge in [-0.15, -0.1) is 5.10 Å². The molecule has 1 heterocycles. The fourth-order valence-electron chi connectivity index (χ4n) is 1.75. The van der Waals surface area contributed by atoms with Crippen LogP contribution in [-0.2, 0) is 6.42 Å². The van der Waals surface area contributed by atoms with Crippen molar-refractivity contribution in [3.05, 3.63) is 34.1 Å². The van der Waals surface area contributed by atoms with Crippen LogP contribution in [0.4, 0.5) is 0 Å². The fourth-order valence-corrected chi connectivity index (χ4v) is 1.75. The number of aromatic nitrogens is 2. The Morgan fingerprint density at radius 1 is 1.16 bits per heavy atom. The molecule has 0 bridgehead atoms. The molecule has 0 aliphatic heterocycles. The van der Waals surface area contributed by atoms with Gasteiger partial charge in [0.15, 0.2) is 11.5 Å². The summed E-state index contributed by atoms with van der Waals surface area (Å²) < 4.78 is 20.6. The molecule has 1 N–H and O–H groups in total. The van der Waals surface area contributed by atoms with Crippen LogP contribution in [0.25, 0.3) is 0 Å². The van der Waals surface area contributed by atoms with Gasteiger partial charge in [-0.25, -0.2) is 9.89 Å². The first-order valence-electron chi connectivity index (χ1n) is 5.51. The average molecular weight is 266 g/mol. The molecular weight excluding hydrogens is 252 g/mol. The van der Waals surface area contributed by atoms with Crippen molar-refractivity contribution in [3.8, 4) is 17.2 Å². The van der Waals surface area contributed by atoms with Gasteiger partial charge in [0.05, 0.1) is 27.8 Å². The molecule has 2 rings (SSSR count). The second kappa shape index (κ2) is 5.47. The standard InChI is InChI=1S/C12H14N2O5/c1-16-8-4-7(5-9(17-2)11(8)18-3)6-10-13-14-12(15)19-10/h4-5H,6H2,1-3H3,(H,14,15). The first-order chi connectivity index (χ1) is 9.17. The van der Waals surface area contributed by atoms with Crippen molar-refractivity contribution in [3.63, 3.8) is 0 Å². The highest BCUT2D eigenvalue weighted by Crippen LogP contribution is 2.38. The van der Waals surface area contributed by atoms with E-state index in [0.717, 1.165) is 5.56 Å². The van der Waals surface area contributed by atoms with E-state index >= 15 is 0 Å². The summed E-state index contributed by atoms with van der Waals surface area (Å²) >= 11 is 0. The summed E-state index contributed by atoms with van der Waals surface area (Å²) in [5, 5.41) is 5.96. The summed E-state index contributed by atoms with van der Waals surface area (Å²) in [4.78, 5) is 10.9. The number of hydrogen-bond donors (Lipinski definition) is 1. The molecule has 0 aliphatic carbocycles. The van der Waals surface area contributed by atoms with Crippen LogP contribution in [0.2, 0.25) is 0 Å². The zero-order chi connectivity index (χ0) is 13.8. The predicted octanol–water partition coefficient (Wildman–Crippen LogP) is 0.979. The Balaban J connectivity index is 2.38. The molecular formula is C12H14N2O5. The third-order valence-corrected chi connectivity index (χ3v) is 2.56. The molecule has 0 unspecified atom stereocenters. The highest BCUT2D eigenvalue weighted by Gasteiger charge is 2.14. The number of nitrogens with zero attached hydrogens (tertiary/aromatic N) is 1. The lowest BCUT2D eigenvalue weighted by Gasteiger charge is -2.13. The Morgan fingerprint density at radius 2 is 1.79 bits per heavy atom. The van der Waals surface area contributed by atoms with Gasteiger partial charge in [-0.05, 0) is 17.7 Å². The number of benzene rings is 1. The zero-order valence-corrected chi connectivity index (χ0v) is 10.9. The quantitative estimate of drug-likeness (QED) is 0.868. The Labute approximate surface area is 109 Å². The summed E-state index contributed by atoms with van der Waals surface area (Å²) in [6, 6.07) is 3.55. The maximum Gasteiger partial charge on any atom is 0.434 e. The Kier molecular flexibility index (Phi) is 3.74. The minimum absolute atomic E-state index is 0.291. The van der Waals surface area contributed by atoms with Crippen LogP contribution in [0.5, 0.6) is 17.2 Å². The van der Waals surface area contributed by atoms with Crippen molar-refractivity contribution in [1.29, 1.82) is 0 Å². The highest BCUT2D eigenvalue weighted by atomic mass is 16.5. The number of methoxy groups -OCH3 is 3. The largest absolute Gasteiger partial charge is 0.493 e. The van der Waals surface area contributed by atoms with E-state index in [1.807, 2.05) is 0 Å². The van der Waals surface area contributed by atoms with E-state index in [2.05, 4.69) is 10.2 Å². The molecule has 102 valence electrons. The van der Waals surface area contributed by atoms with E-state index in [9.17, 15) is 4.79 Å². The Morgan fingerprint density at radius 3 is 2.21 bits per heavy atom. The van der Waals surface area contributed by atoms with Crippen molar-refractivity contribution in [1.82, 2.24) is 10.2 Å². The van der Waals surface area contributed by atoms with Gasteiger partial charge in [0.2, 0.25) is 11.6 Å². The summed E-state index contributed by atoms with van der Waals surface area (Å²) in [6.45, 7) is 0. The number of aromatic amines is 1. The van der Waals surface area contributed by atoms with E-state index in [0.29, 0.717) is 29.6 Å². The van der Waals surface area contributed by atoms with Gasteiger partial charge < -0.3 is 18.6 Å². The van der Waals surface area contributed by atoms with Gasteiger partial charge in [0, 0.05) is 0 Å². The second-order valence-corrected chi connectivity index (χ2v) is 3.72. The molecule has 0 spiro atoms. The summed E-state index contributed by atoms with van der Waals surface area (Å²) in [5.41, 5.74) is 0.824. The van der Waals surface area contributed by atoms with E-state index in [-0.39, 0.29) is 0 Å². The average Bonchev–Trinajstić information content (AvgIpc) is 2.82. The van der Waals surface area contributed by atoms with Crippen LogP contribution < -0.4 is 20.0 Å². The number of hydrogen-bond acceptors (Lipinski definition) is 6. The Bertz CT molecular complexity index is 592. The van der Waals surface area contributed by atoms with Crippen LogP contribution in [0.3, 0.4) is 0 Å². The number of rotatable bonds is 5. The molecule has 7 heteroatoms. The van der Waals surface area contributed by atoms with Crippen LogP contribution >= 0.6 is 0 Å². The van der Waals surface area contributed by atoms with E-state index in [1.54, 1.807) is 12.1 Å². The predicted molar refractivity (Wildman–Crippen MR) is 66.0 cm³/mol. The van der Waals surface area contributed by atoms with Crippen LogP contribution in [0.15, 0.2) is 21.3 Å². The van der Waals surface area contributed by atoms with Crippen molar-refractivity contribution >= 4 is 0 Å². The van der Waals surface area contributed by atoms with Gasteiger partial charge in [-0.2, -0.15) is 0 Å². The van der Waals surface area contributed by atoms with Gasteiger partial charge in [0.1, 0.15) is 0 Å². The SMILES string of the molecule is COc1cc(Cc2n[nH]c(=O)o2)cc(OC)c1OC. The summed E-state index contributed by atoms with van der Waals surface area (Å²) in [6.07, 6.45) is 0.343. The molecule has 0 atom stereocenters. The Hall–Kier alpha value is -2.44. The monoisotopic (exact) mass is 266 g/mol. The van der Waals surface area contributed by atoms with E-state index in [1.165, 1.54) is 21.3 Å². The molecule has 0 saturated carbocycles. The smallest absolute Gasteiger partial charge is 0.434 e. The maximum atomic E-state index is 10.9. The maximum absolute atomic E-state index is 10.9. The molecule has 0 radical (unpaired) electrons. The molecule has 0 aliphatic rings. The summed E-state index contributed by atoms with van der Waals surface area (Å²) in [7, 11) is 4.61. The molecule has 2 aromatic rings. The lowest BCUT2D eigenvalue weighted by atomic mass is 10.1. The fraction of sp³-hybridized carbons (Fsp3) is 0.333. The highest BCUT2D eigenvalue weighted by molar-refractivity contribution is 5.54. The zero-order valence-electron chi connectivity index (χ0n) is 10.9. The number of nitrogens with one attached hydrogen (secondary N) is 1. The lowest BCUT2D eigenvalue weighted by molar-refractivity contribution is 0.323. The van der Waals surface area contributed by atoms with Crippen LogP contribution in [0.1, 0.15) is 11.5 Å². The minimum Gasteiger partial charge on any atom is -0.493 e. The van der Waals surface area contributed by atoms with Crippen molar-refractivity contribution in [2.75, 3.05) is 21.3 Å². The first-order valence-corrected chi connectivity index (χ1v) is 5.51. The lowest BCUT2D eigenvalue weighted by Crippen LogP contribution is -1.98. The second-order valence-electron chi connectivity index (χ2n) is 3.72. The third-order valence-electron chi connectivity index (χ3n) is 2.56. The molecule has 19 heavy (non-hydrogen) atoms. The van der Waals surface area contributed by atoms with Crippen LogP contribution in [-0.4, -0.2) is 31.5 Å². The van der Waals surface area contributed by atoms with Crippen molar-refractivity contribution < 1.29 is 18.6 Å². The molecule has 1 aromatic carbocycles. The number of ether oxygens (including phenoxy) is 3. The summed E-state index contributed by atoms with van der Waals surface area (Å²) in [5.74, 6) is 1.29. The topological polar surface area (TPSA) is 86.6 Å². The normalized spacial score (nSPS) is 10.3. The van der Waals surface area contributed by atoms with Gasteiger partial charge in [0.25, 0.3) is 0 Å². The molecule has 0 amide bonds. The third kappa shape index (κ3) is 2.70. The van der Waals surface area contributed by atoms with Gasteiger partial charge in [-0.3, -0.25) is 0 Å².